The molecule has 0 aliphatic rings. The van der Waals surface area contributed by atoms with Gasteiger partial charge in [0.05, 0.1) is 18.2 Å². The van der Waals surface area contributed by atoms with Gasteiger partial charge in [-0.25, -0.2) is 0 Å². The van der Waals surface area contributed by atoms with Crippen molar-refractivity contribution in [3.05, 3.63) is 47.9 Å². The third kappa shape index (κ3) is 1.52. The van der Waals surface area contributed by atoms with Crippen LogP contribution in [0.2, 0.25) is 0 Å². The summed E-state index contributed by atoms with van der Waals surface area (Å²) in [6.45, 7) is 1.80. The molecule has 0 aliphatic heterocycles. The van der Waals surface area contributed by atoms with Crippen LogP contribution in [-0.2, 0) is 0 Å². The minimum absolute atomic E-state index is 0.525. The van der Waals surface area contributed by atoms with E-state index in [4.69, 9.17) is 4.42 Å². The number of hydrogen-bond donors (Lipinski definition) is 1. The Morgan fingerprint density at radius 1 is 1.43 bits per heavy atom. The van der Waals surface area contributed by atoms with Crippen molar-refractivity contribution in [1.82, 2.24) is 9.97 Å². The van der Waals surface area contributed by atoms with Gasteiger partial charge in [0.1, 0.15) is 11.9 Å². The van der Waals surface area contributed by atoms with E-state index in [1.807, 2.05) is 0 Å². The van der Waals surface area contributed by atoms with E-state index >= 15 is 0 Å². The molecular weight excluding hydrogens is 180 g/mol. The van der Waals surface area contributed by atoms with Crippen molar-refractivity contribution in [3.8, 4) is 0 Å². The Hall–Kier alpha value is -1.68. The molecule has 1 N–H and O–H groups in total. The van der Waals surface area contributed by atoms with Crippen molar-refractivity contribution < 1.29 is 9.52 Å². The van der Waals surface area contributed by atoms with E-state index in [-0.39, 0.29) is 0 Å². The lowest BCUT2D eigenvalue weighted by Crippen LogP contribution is -2.02. The Kier molecular flexibility index (Phi) is 2.28. The van der Waals surface area contributed by atoms with Gasteiger partial charge < -0.3 is 9.52 Å². The molecule has 0 saturated carbocycles. The molecule has 72 valence electrons. The average Bonchev–Trinajstić information content (AvgIpc) is 2.65. The SMILES string of the molecule is Cc1occc1C(O)c1cnccn1. The Balaban J connectivity index is 2.34. The monoisotopic (exact) mass is 190 g/mol. The van der Waals surface area contributed by atoms with Gasteiger partial charge in [-0.3, -0.25) is 9.97 Å². The Morgan fingerprint density at radius 2 is 2.29 bits per heavy atom. The minimum atomic E-state index is -0.762. The average molecular weight is 190 g/mol. The number of rotatable bonds is 2. The number of aromatic nitrogens is 2. The molecule has 2 aromatic rings. The quantitative estimate of drug-likeness (QED) is 0.778. The summed E-state index contributed by atoms with van der Waals surface area (Å²) in [6, 6.07) is 1.73. The molecule has 4 heteroatoms. The predicted molar refractivity (Wildman–Crippen MR) is 49.5 cm³/mol. The summed E-state index contributed by atoms with van der Waals surface area (Å²) in [5.41, 5.74) is 1.25. The molecule has 4 nitrogen and oxygen atoms in total. The molecule has 2 rings (SSSR count). The largest absolute Gasteiger partial charge is 0.469 e. The Morgan fingerprint density at radius 3 is 2.86 bits per heavy atom. The molecule has 0 bridgehead atoms. The maximum atomic E-state index is 9.90. The number of aliphatic hydroxyl groups excluding tert-OH is 1. The predicted octanol–water partition coefficient (Wildman–Crippen LogP) is 1.46. The highest BCUT2D eigenvalue weighted by Crippen LogP contribution is 2.22. The van der Waals surface area contributed by atoms with Gasteiger partial charge in [-0.2, -0.15) is 0 Å². The minimum Gasteiger partial charge on any atom is -0.469 e. The van der Waals surface area contributed by atoms with Crippen LogP contribution in [0.4, 0.5) is 0 Å². The molecule has 0 amide bonds. The van der Waals surface area contributed by atoms with E-state index in [0.717, 1.165) is 5.56 Å². The van der Waals surface area contributed by atoms with E-state index in [1.165, 1.54) is 6.20 Å². The van der Waals surface area contributed by atoms with Crippen molar-refractivity contribution in [3.63, 3.8) is 0 Å². The van der Waals surface area contributed by atoms with Crippen LogP contribution in [0, 0.1) is 6.92 Å². The van der Waals surface area contributed by atoms with Crippen LogP contribution in [0.25, 0.3) is 0 Å². The normalized spacial score (nSPS) is 12.7. The highest BCUT2D eigenvalue weighted by Gasteiger charge is 2.15. The lowest BCUT2D eigenvalue weighted by molar-refractivity contribution is 0.212. The molecule has 2 aromatic heterocycles. The second-order valence-electron chi connectivity index (χ2n) is 2.96. The summed E-state index contributed by atoms with van der Waals surface area (Å²) in [5.74, 6) is 0.697. The molecule has 2 heterocycles. The number of nitrogens with zero attached hydrogens (tertiary/aromatic N) is 2. The van der Waals surface area contributed by atoms with Crippen LogP contribution in [0.3, 0.4) is 0 Å². The highest BCUT2D eigenvalue weighted by molar-refractivity contribution is 5.25. The summed E-state index contributed by atoms with van der Waals surface area (Å²) in [4.78, 5) is 7.91. The number of aliphatic hydroxyl groups is 1. The molecule has 1 atom stereocenters. The lowest BCUT2D eigenvalue weighted by atomic mass is 10.1. The van der Waals surface area contributed by atoms with Crippen LogP contribution < -0.4 is 0 Å². The van der Waals surface area contributed by atoms with Crippen LogP contribution in [-0.4, -0.2) is 15.1 Å². The fourth-order valence-corrected chi connectivity index (χ4v) is 1.29. The fourth-order valence-electron chi connectivity index (χ4n) is 1.29. The van der Waals surface area contributed by atoms with Gasteiger partial charge in [0.2, 0.25) is 0 Å². The zero-order chi connectivity index (χ0) is 9.97. The molecule has 0 fully saturated rings. The third-order valence-corrected chi connectivity index (χ3v) is 2.06. The van der Waals surface area contributed by atoms with Crippen LogP contribution >= 0.6 is 0 Å². The molecule has 14 heavy (non-hydrogen) atoms. The number of furan rings is 1. The summed E-state index contributed by atoms with van der Waals surface area (Å²) in [7, 11) is 0. The second kappa shape index (κ2) is 3.59. The smallest absolute Gasteiger partial charge is 0.126 e. The molecular formula is C10H10N2O2. The van der Waals surface area contributed by atoms with Crippen LogP contribution in [0.1, 0.15) is 23.1 Å². The standard InChI is InChI=1S/C10H10N2O2/c1-7-8(2-5-14-7)10(13)9-6-11-3-4-12-9/h2-6,10,13H,1H3. The zero-order valence-electron chi connectivity index (χ0n) is 7.71. The van der Waals surface area contributed by atoms with E-state index in [1.54, 1.807) is 31.6 Å². The molecule has 0 spiro atoms. The fraction of sp³-hybridized carbons (Fsp3) is 0.200. The van der Waals surface area contributed by atoms with E-state index in [0.29, 0.717) is 11.5 Å². The highest BCUT2D eigenvalue weighted by atomic mass is 16.3. The number of aryl methyl sites for hydroxylation is 1. The van der Waals surface area contributed by atoms with E-state index < -0.39 is 6.10 Å². The van der Waals surface area contributed by atoms with Crippen molar-refractivity contribution in [2.24, 2.45) is 0 Å². The van der Waals surface area contributed by atoms with Crippen LogP contribution in [0.5, 0.6) is 0 Å². The zero-order valence-corrected chi connectivity index (χ0v) is 7.71. The van der Waals surface area contributed by atoms with Gasteiger partial charge >= 0.3 is 0 Å². The van der Waals surface area contributed by atoms with Crippen molar-refractivity contribution in [2.45, 2.75) is 13.0 Å². The van der Waals surface area contributed by atoms with Gasteiger partial charge in [0.15, 0.2) is 0 Å². The molecule has 1 unspecified atom stereocenters. The van der Waals surface area contributed by atoms with Crippen molar-refractivity contribution in [1.29, 1.82) is 0 Å². The summed E-state index contributed by atoms with van der Waals surface area (Å²) in [5, 5.41) is 9.90. The lowest BCUT2D eigenvalue weighted by Gasteiger charge is -2.07. The molecule has 0 aromatic carbocycles. The maximum Gasteiger partial charge on any atom is 0.126 e. The van der Waals surface area contributed by atoms with Gasteiger partial charge in [-0.1, -0.05) is 0 Å². The summed E-state index contributed by atoms with van der Waals surface area (Å²) >= 11 is 0. The van der Waals surface area contributed by atoms with Gasteiger partial charge in [0, 0.05) is 18.0 Å². The van der Waals surface area contributed by atoms with E-state index in [9.17, 15) is 5.11 Å². The van der Waals surface area contributed by atoms with Crippen molar-refractivity contribution >= 4 is 0 Å². The first kappa shape index (κ1) is 8.90. The molecule has 0 saturated heterocycles. The second-order valence-corrected chi connectivity index (χ2v) is 2.96. The Bertz CT molecular complexity index is 411. The first-order valence-electron chi connectivity index (χ1n) is 4.27. The number of hydrogen-bond acceptors (Lipinski definition) is 4. The summed E-state index contributed by atoms with van der Waals surface area (Å²) < 4.78 is 5.10. The summed E-state index contributed by atoms with van der Waals surface area (Å²) in [6.07, 6.45) is 5.44. The first-order chi connectivity index (χ1) is 6.79. The maximum absolute atomic E-state index is 9.90. The van der Waals surface area contributed by atoms with Gasteiger partial charge in [0.25, 0.3) is 0 Å². The Labute approximate surface area is 81.2 Å². The third-order valence-electron chi connectivity index (χ3n) is 2.06. The first-order valence-corrected chi connectivity index (χ1v) is 4.27. The molecule has 0 aliphatic carbocycles. The molecule has 0 radical (unpaired) electrons. The van der Waals surface area contributed by atoms with E-state index in [2.05, 4.69) is 9.97 Å². The van der Waals surface area contributed by atoms with Gasteiger partial charge in [-0.05, 0) is 13.0 Å². The van der Waals surface area contributed by atoms with Crippen molar-refractivity contribution in [2.75, 3.05) is 0 Å². The topological polar surface area (TPSA) is 59.2 Å². The van der Waals surface area contributed by atoms with Crippen LogP contribution in [0.15, 0.2) is 35.3 Å². The van der Waals surface area contributed by atoms with Gasteiger partial charge in [-0.15, -0.1) is 0 Å².